The van der Waals surface area contributed by atoms with Gasteiger partial charge in [0.1, 0.15) is 24.1 Å². The molecule has 108 valence electrons. The lowest BCUT2D eigenvalue weighted by Crippen LogP contribution is -2.35. The molecule has 3 rings (SSSR count). The molecule has 1 aromatic heterocycles. The highest BCUT2D eigenvalue weighted by atomic mass is 35.5. The Morgan fingerprint density at radius 1 is 1.30 bits per heavy atom. The maximum atomic E-state index is 9.83. The van der Waals surface area contributed by atoms with Crippen molar-refractivity contribution in [2.45, 2.75) is 24.6 Å². The van der Waals surface area contributed by atoms with Crippen LogP contribution in [0.25, 0.3) is 10.9 Å². The molecule has 7 heteroatoms. The number of fused-ring (bicyclic) bond motifs is 1. The van der Waals surface area contributed by atoms with E-state index in [4.69, 9.17) is 26.2 Å². The van der Waals surface area contributed by atoms with Crippen molar-refractivity contribution < 1.29 is 24.8 Å². The highest BCUT2D eigenvalue weighted by molar-refractivity contribution is 6.31. The molecule has 0 spiro atoms. The van der Waals surface area contributed by atoms with Crippen LogP contribution in [0, 0.1) is 0 Å². The summed E-state index contributed by atoms with van der Waals surface area (Å²) in [7, 11) is 0. The lowest BCUT2D eigenvalue weighted by atomic mass is 10.1. The van der Waals surface area contributed by atoms with Gasteiger partial charge in [0.2, 0.25) is 6.29 Å². The second-order valence-corrected chi connectivity index (χ2v) is 5.10. The van der Waals surface area contributed by atoms with Gasteiger partial charge in [-0.25, -0.2) is 0 Å². The molecule has 2 heterocycles. The molecule has 2 aromatic rings. The molecule has 0 amide bonds. The molecule has 1 fully saturated rings. The minimum absolute atomic E-state index is 0.387. The van der Waals surface area contributed by atoms with Crippen molar-refractivity contribution in [1.82, 2.24) is 4.98 Å². The first-order chi connectivity index (χ1) is 9.60. The van der Waals surface area contributed by atoms with E-state index in [1.165, 1.54) is 0 Å². The van der Waals surface area contributed by atoms with Crippen molar-refractivity contribution in [2.24, 2.45) is 0 Å². The quantitative estimate of drug-likeness (QED) is 0.667. The number of aliphatic hydroxyl groups is 3. The summed E-state index contributed by atoms with van der Waals surface area (Å²) in [6.45, 7) is -0.387. The van der Waals surface area contributed by atoms with Gasteiger partial charge in [-0.2, -0.15) is 0 Å². The van der Waals surface area contributed by atoms with Gasteiger partial charge in [-0.3, -0.25) is 0 Å². The van der Waals surface area contributed by atoms with Crippen molar-refractivity contribution in [3.8, 4) is 5.75 Å². The van der Waals surface area contributed by atoms with E-state index in [1.54, 1.807) is 24.4 Å². The van der Waals surface area contributed by atoms with Crippen LogP contribution < -0.4 is 4.74 Å². The second-order valence-electron chi connectivity index (χ2n) is 4.67. The summed E-state index contributed by atoms with van der Waals surface area (Å²) in [5.74, 6) is 0.478. The molecule has 1 aromatic carbocycles. The Morgan fingerprint density at radius 2 is 2.10 bits per heavy atom. The van der Waals surface area contributed by atoms with Gasteiger partial charge in [0.05, 0.1) is 12.1 Å². The normalized spacial score (nSPS) is 30.0. The van der Waals surface area contributed by atoms with Gasteiger partial charge in [-0.05, 0) is 18.2 Å². The van der Waals surface area contributed by atoms with Crippen LogP contribution in [0.3, 0.4) is 0 Å². The summed E-state index contributed by atoms with van der Waals surface area (Å²) in [5, 5.41) is 29.9. The summed E-state index contributed by atoms with van der Waals surface area (Å²) in [6, 6.07) is 5.26. The Balaban J connectivity index is 1.83. The number of aromatic nitrogens is 1. The highest BCUT2D eigenvalue weighted by Gasteiger charge is 2.44. The molecule has 1 aliphatic heterocycles. The van der Waals surface area contributed by atoms with Crippen LogP contribution in [0.2, 0.25) is 5.02 Å². The van der Waals surface area contributed by atoms with Crippen LogP contribution in [0.15, 0.2) is 24.4 Å². The minimum atomic E-state index is -1.22. The van der Waals surface area contributed by atoms with Crippen molar-refractivity contribution >= 4 is 22.5 Å². The summed E-state index contributed by atoms with van der Waals surface area (Å²) in [6.07, 6.45) is -2.66. The Morgan fingerprint density at radius 3 is 2.80 bits per heavy atom. The molecule has 0 aliphatic carbocycles. The van der Waals surface area contributed by atoms with Gasteiger partial charge in [0, 0.05) is 16.6 Å². The average Bonchev–Trinajstić information content (AvgIpc) is 2.95. The lowest BCUT2D eigenvalue weighted by molar-refractivity contribution is -0.115. The Bertz CT molecular complexity index is 616. The SMILES string of the molecule is OC[C@H]1OC(Oc2c[nH]c3cc(Cl)ccc23)[C@@H](O)[C@@H]1O. The van der Waals surface area contributed by atoms with Crippen LogP contribution in [0.5, 0.6) is 5.75 Å². The fraction of sp³-hybridized carbons (Fsp3) is 0.385. The molecular weight excluding hydrogens is 286 g/mol. The molecule has 20 heavy (non-hydrogen) atoms. The molecule has 0 bridgehead atoms. The number of aromatic amines is 1. The number of nitrogens with one attached hydrogen (secondary N) is 1. The average molecular weight is 300 g/mol. The van der Waals surface area contributed by atoms with E-state index in [9.17, 15) is 10.2 Å². The third-order valence-electron chi connectivity index (χ3n) is 3.35. The Labute approximate surface area is 119 Å². The third kappa shape index (κ3) is 2.25. The number of H-pyrrole nitrogens is 1. The maximum Gasteiger partial charge on any atom is 0.229 e. The maximum absolute atomic E-state index is 9.83. The third-order valence-corrected chi connectivity index (χ3v) is 3.58. The fourth-order valence-electron chi connectivity index (χ4n) is 2.26. The van der Waals surface area contributed by atoms with Gasteiger partial charge >= 0.3 is 0 Å². The molecule has 6 nitrogen and oxygen atoms in total. The van der Waals surface area contributed by atoms with Crippen LogP contribution in [-0.2, 0) is 4.74 Å². The first-order valence-electron chi connectivity index (χ1n) is 6.16. The number of hydrogen-bond donors (Lipinski definition) is 4. The van der Waals surface area contributed by atoms with Gasteiger partial charge < -0.3 is 29.8 Å². The van der Waals surface area contributed by atoms with Gasteiger partial charge in [-0.1, -0.05) is 11.6 Å². The van der Waals surface area contributed by atoms with E-state index in [0.717, 1.165) is 10.9 Å². The summed E-state index contributed by atoms with van der Waals surface area (Å²) in [5.41, 5.74) is 0.791. The van der Waals surface area contributed by atoms with Crippen molar-refractivity contribution in [3.05, 3.63) is 29.4 Å². The minimum Gasteiger partial charge on any atom is -0.460 e. The first-order valence-corrected chi connectivity index (χ1v) is 6.53. The number of rotatable bonds is 3. The van der Waals surface area contributed by atoms with Crippen LogP contribution in [-0.4, -0.2) is 51.5 Å². The summed E-state index contributed by atoms with van der Waals surface area (Å²) < 4.78 is 10.8. The fourth-order valence-corrected chi connectivity index (χ4v) is 2.43. The topological polar surface area (TPSA) is 94.9 Å². The van der Waals surface area contributed by atoms with Gasteiger partial charge in [0.15, 0.2) is 0 Å². The number of hydrogen-bond acceptors (Lipinski definition) is 5. The van der Waals surface area contributed by atoms with E-state index in [0.29, 0.717) is 10.8 Å². The number of benzene rings is 1. The molecular formula is C13H14ClNO5. The van der Waals surface area contributed by atoms with Crippen molar-refractivity contribution in [1.29, 1.82) is 0 Å². The molecule has 1 aliphatic rings. The van der Waals surface area contributed by atoms with Crippen LogP contribution in [0.4, 0.5) is 0 Å². The standard InChI is InChI=1S/C13H14ClNO5/c14-6-1-2-7-8(3-6)15-4-9(7)19-13-12(18)11(17)10(5-16)20-13/h1-4,10-13,15-18H,5H2/t10-,11-,12+,13?/m1/s1. The largest absolute Gasteiger partial charge is 0.460 e. The molecule has 1 saturated heterocycles. The van der Waals surface area contributed by atoms with E-state index in [-0.39, 0.29) is 6.61 Å². The zero-order valence-electron chi connectivity index (χ0n) is 10.4. The zero-order chi connectivity index (χ0) is 14.3. The number of aliphatic hydroxyl groups excluding tert-OH is 3. The van der Waals surface area contributed by atoms with E-state index in [1.807, 2.05) is 0 Å². The van der Waals surface area contributed by atoms with Crippen LogP contribution >= 0.6 is 11.6 Å². The molecule has 1 unspecified atom stereocenters. The van der Waals surface area contributed by atoms with Crippen molar-refractivity contribution in [3.63, 3.8) is 0 Å². The Hall–Kier alpha value is -1.31. The summed E-state index contributed by atoms with van der Waals surface area (Å²) in [4.78, 5) is 3.00. The monoisotopic (exact) mass is 299 g/mol. The van der Waals surface area contributed by atoms with E-state index >= 15 is 0 Å². The summed E-state index contributed by atoms with van der Waals surface area (Å²) >= 11 is 5.89. The number of halogens is 1. The smallest absolute Gasteiger partial charge is 0.229 e. The molecule has 0 saturated carbocycles. The van der Waals surface area contributed by atoms with Gasteiger partial charge in [-0.15, -0.1) is 0 Å². The van der Waals surface area contributed by atoms with Gasteiger partial charge in [0.25, 0.3) is 0 Å². The lowest BCUT2D eigenvalue weighted by Gasteiger charge is -2.16. The first kappa shape index (κ1) is 13.7. The predicted octanol–water partition coefficient (Wildman–Crippen LogP) is 0.639. The van der Waals surface area contributed by atoms with E-state index in [2.05, 4.69) is 4.98 Å². The second kappa shape index (κ2) is 5.23. The molecule has 4 atom stereocenters. The highest BCUT2D eigenvalue weighted by Crippen LogP contribution is 2.31. The molecule has 4 N–H and O–H groups in total. The predicted molar refractivity (Wildman–Crippen MR) is 71.7 cm³/mol. The van der Waals surface area contributed by atoms with E-state index < -0.39 is 24.6 Å². The molecule has 0 radical (unpaired) electrons. The zero-order valence-corrected chi connectivity index (χ0v) is 11.1. The van der Waals surface area contributed by atoms with Crippen LogP contribution in [0.1, 0.15) is 0 Å². The number of ether oxygens (including phenoxy) is 2. The Kier molecular flexibility index (Phi) is 3.57. The van der Waals surface area contributed by atoms with Crippen molar-refractivity contribution in [2.75, 3.05) is 6.61 Å².